The molecule has 0 heterocycles. The van der Waals surface area contributed by atoms with Crippen molar-refractivity contribution in [3.63, 3.8) is 0 Å². The summed E-state index contributed by atoms with van der Waals surface area (Å²) in [5.74, 6) is 0.234. The number of aliphatic hydroxyl groups excluding tert-OH is 4. The van der Waals surface area contributed by atoms with Gasteiger partial charge in [-0.05, 0) is 159 Å². The van der Waals surface area contributed by atoms with Gasteiger partial charge in [0.1, 0.15) is 0 Å². The van der Waals surface area contributed by atoms with E-state index < -0.39 is 34.6 Å². The van der Waals surface area contributed by atoms with Gasteiger partial charge in [-0.1, -0.05) is 278 Å². The summed E-state index contributed by atoms with van der Waals surface area (Å²) in [6.07, 6.45) is 59.2. The fourth-order valence-corrected chi connectivity index (χ4v) is 12.5. The van der Waals surface area contributed by atoms with Crippen LogP contribution in [-0.2, 0) is 14.4 Å². The molecule has 0 saturated heterocycles. The molecule has 87 heavy (non-hydrogen) atoms. The first kappa shape index (κ1) is 75.2. The summed E-state index contributed by atoms with van der Waals surface area (Å²) >= 11 is 0. The third-order valence-corrected chi connectivity index (χ3v) is 19.3. The molecular weight excluding hydrogens is 1070 g/mol. The van der Waals surface area contributed by atoms with Crippen LogP contribution in [0.1, 0.15) is 190 Å². The minimum atomic E-state index is -0.542. The fraction of sp³-hybridized carbons (Fsp3) is 0.487. The maximum atomic E-state index is 12.9. The van der Waals surface area contributed by atoms with Crippen molar-refractivity contribution < 1.29 is 34.8 Å². The second-order valence-electron chi connectivity index (χ2n) is 28.9. The van der Waals surface area contributed by atoms with Crippen molar-refractivity contribution >= 4 is 17.3 Å². The van der Waals surface area contributed by atoms with Gasteiger partial charge in [-0.15, -0.1) is 0 Å². The van der Waals surface area contributed by atoms with Gasteiger partial charge in [-0.3, -0.25) is 14.4 Å². The van der Waals surface area contributed by atoms with Crippen molar-refractivity contribution in [3.8, 4) is 0 Å². The number of carbonyl (C=O) groups excluding carboxylic acids is 3. The van der Waals surface area contributed by atoms with E-state index in [0.717, 1.165) is 51.9 Å². The Morgan fingerprint density at radius 3 is 0.805 bits per heavy atom. The van der Waals surface area contributed by atoms with E-state index in [1.807, 2.05) is 165 Å². The largest absolute Gasteiger partial charge is 0.393 e. The summed E-state index contributed by atoms with van der Waals surface area (Å²) in [6.45, 7) is 41.1. The lowest BCUT2D eigenvalue weighted by molar-refractivity contribution is -0.128. The Morgan fingerprint density at radius 2 is 0.563 bits per heavy atom. The van der Waals surface area contributed by atoms with Crippen LogP contribution in [0.2, 0.25) is 0 Å². The first-order valence-electron chi connectivity index (χ1n) is 31.5. The van der Waals surface area contributed by atoms with E-state index in [0.29, 0.717) is 38.5 Å². The fourth-order valence-electron chi connectivity index (χ4n) is 12.5. The number of allylic oxidation sites excluding steroid dienone is 37. The highest BCUT2D eigenvalue weighted by atomic mass is 16.3. The molecule has 0 unspecified atom stereocenters. The summed E-state index contributed by atoms with van der Waals surface area (Å²) in [7, 11) is 0. The van der Waals surface area contributed by atoms with Crippen LogP contribution in [-0.4, -0.2) is 62.2 Å². The minimum absolute atomic E-state index is 0.00528. The van der Waals surface area contributed by atoms with Crippen LogP contribution in [0, 0.1) is 37.9 Å². The molecule has 0 aromatic carbocycles. The second kappa shape index (κ2) is 32.9. The maximum Gasteiger partial charge on any atom is 0.162 e. The molecule has 474 valence electrons. The zero-order valence-electron chi connectivity index (χ0n) is 57.1. The number of aliphatic hydroxyl groups is 4. The highest BCUT2D eigenvalue weighted by Gasteiger charge is 2.55. The van der Waals surface area contributed by atoms with Crippen LogP contribution in [0.4, 0.5) is 0 Å². The van der Waals surface area contributed by atoms with Crippen LogP contribution in [0.25, 0.3) is 0 Å². The molecule has 4 aliphatic carbocycles. The van der Waals surface area contributed by atoms with Crippen LogP contribution < -0.4 is 0 Å². The molecule has 0 amide bonds. The van der Waals surface area contributed by atoms with E-state index in [1.54, 1.807) is 18.2 Å². The molecule has 7 atom stereocenters. The van der Waals surface area contributed by atoms with E-state index in [2.05, 4.69) is 126 Å². The molecule has 4 rings (SSSR count). The molecule has 0 spiro atoms. The van der Waals surface area contributed by atoms with Gasteiger partial charge in [0, 0.05) is 16.2 Å². The zero-order chi connectivity index (χ0) is 65.8. The van der Waals surface area contributed by atoms with Crippen LogP contribution in [0.5, 0.6) is 0 Å². The highest BCUT2D eigenvalue weighted by Crippen LogP contribution is 2.55. The topological polar surface area (TPSA) is 132 Å². The van der Waals surface area contributed by atoms with Gasteiger partial charge in [0.05, 0.1) is 24.4 Å². The predicted octanol–water partition coefficient (Wildman–Crippen LogP) is 18.9. The number of carbonyl (C=O) groups is 3. The number of ketones is 3. The zero-order valence-corrected chi connectivity index (χ0v) is 57.1. The summed E-state index contributed by atoms with van der Waals surface area (Å²) in [5, 5.41) is 40.4. The summed E-state index contributed by atoms with van der Waals surface area (Å²) < 4.78 is 0. The van der Waals surface area contributed by atoms with Crippen LogP contribution in [0.15, 0.2) is 226 Å². The summed E-state index contributed by atoms with van der Waals surface area (Å²) in [5.41, 5.74) is 8.99. The van der Waals surface area contributed by atoms with Crippen molar-refractivity contribution in [1.29, 1.82) is 0 Å². The Morgan fingerprint density at radius 1 is 0.322 bits per heavy atom. The van der Waals surface area contributed by atoms with E-state index in [-0.39, 0.29) is 45.1 Å². The van der Waals surface area contributed by atoms with Crippen molar-refractivity contribution in [2.24, 2.45) is 37.9 Å². The van der Waals surface area contributed by atoms with Gasteiger partial charge in [0.2, 0.25) is 0 Å². The smallest absolute Gasteiger partial charge is 0.162 e. The van der Waals surface area contributed by atoms with E-state index in [9.17, 15) is 34.8 Å². The van der Waals surface area contributed by atoms with E-state index in [1.165, 1.54) is 16.7 Å². The van der Waals surface area contributed by atoms with Gasteiger partial charge in [0.15, 0.2) is 17.3 Å². The highest BCUT2D eigenvalue weighted by molar-refractivity contribution is 5.97. The molecule has 7 nitrogen and oxygen atoms in total. The monoisotopic (exact) mass is 1180 g/mol. The van der Waals surface area contributed by atoms with Gasteiger partial charge in [-0.2, -0.15) is 0 Å². The van der Waals surface area contributed by atoms with Crippen molar-refractivity contribution in [2.75, 3.05) is 0 Å². The van der Waals surface area contributed by atoms with E-state index in [4.69, 9.17) is 0 Å². The molecule has 7 heteroatoms. The molecule has 3 saturated carbocycles. The predicted molar refractivity (Wildman–Crippen MR) is 370 cm³/mol. The minimum Gasteiger partial charge on any atom is -0.393 e. The number of hydrogen-bond donors (Lipinski definition) is 4. The molecule has 0 radical (unpaired) electrons. The Kier molecular flexibility index (Phi) is 28.5. The molecule has 4 aliphatic rings. The average molecular weight is 1190 g/mol. The Labute approximate surface area is 527 Å². The van der Waals surface area contributed by atoms with Crippen molar-refractivity contribution in [1.82, 2.24) is 0 Å². The van der Waals surface area contributed by atoms with Gasteiger partial charge >= 0.3 is 0 Å². The molecule has 3 fully saturated rings. The van der Waals surface area contributed by atoms with Crippen molar-refractivity contribution in [3.05, 3.63) is 226 Å². The number of rotatable bonds is 23. The Balaban J connectivity index is 0.000000455. The molecule has 0 aromatic heterocycles. The molecule has 0 bridgehead atoms. The SMILES string of the molecule is CC(/C=C/C=C(C)/C=C/C(=O)[C@]1(C)C[C@@H](O)CC1(C)C)=C\C=C\C=C(C)\C=C\C=C(C)\C=C\C(=O)[C@]1(C)C[C@@H](O)CC1(C)C.CC1=C(/C=C/C(C)=C/C=C/C(C)=C/C=C/C=C(C)/C=C/C=C(C)/C=C/C(=O)[C@]2(C)C[C@@H](O)CC2(C)C)C(C)(C)C[C@H](O)C1. The van der Waals surface area contributed by atoms with E-state index >= 15 is 0 Å². The molecule has 4 N–H and O–H groups in total. The van der Waals surface area contributed by atoms with Crippen LogP contribution in [0.3, 0.4) is 0 Å². The average Bonchev–Trinajstić information content (AvgIpc) is 1.70. The van der Waals surface area contributed by atoms with Crippen LogP contribution >= 0.6 is 0 Å². The standard InChI is InChI=1S/C40H56O4.C40H56O3/c1-29(17-13-19-31(3)21-23-35(43)39(9)27-33(41)25-37(39,5)6)15-11-12-16-30(2)18-14-20-32(4)22-24-36(44)40(10)28-34(42)26-38(40,7)8;1-29(17-13-19-31(3)21-23-36-33(5)25-34(41)26-38(36,6)7)15-11-12-16-30(2)18-14-20-32(4)22-24-37(43)40(10)28-35(42)27-39(40,8)9/h11-24,33-34,41-42H,25-28H2,1-10H3;11-24,34-35,41-42H,25-28H2,1-10H3/b2*12-11+,17-13+,18-14+,23-21+,24-22+,29-15+,30-16+,31-19+,32-20+/t33-,34-,39-,40-;34-,35+,40+/m01/s1. The molecular formula is C80H112O7. The summed E-state index contributed by atoms with van der Waals surface area (Å²) in [4.78, 5) is 38.8. The normalized spacial score (nSPS) is 29.0. The Bertz CT molecular complexity index is 2960. The number of hydrogen-bond acceptors (Lipinski definition) is 7. The lowest BCUT2D eigenvalue weighted by atomic mass is 9.66. The first-order chi connectivity index (χ1) is 40.3. The van der Waals surface area contributed by atoms with Gasteiger partial charge in [0.25, 0.3) is 0 Å². The van der Waals surface area contributed by atoms with Gasteiger partial charge < -0.3 is 20.4 Å². The first-order valence-corrected chi connectivity index (χ1v) is 31.5. The quantitative estimate of drug-likeness (QED) is 0.0592. The van der Waals surface area contributed by atoms with Gasteiger partial charge in [-0.25, -0.2) is 0 Å². The second-order valence-corrected chi connectivity index (χ2v) is 28.9. The third kappa shape index (κ3) is 22.8. The third-order valence-electron chi connectivity index (χ3n) is 19.3. The van der Waals surface area contributed by atoms with Crippen molar-refractivity contribution in [2.45, 2.75) is 214 Å². The lowest BCUT2D eigenvalue weighted by Crippen LogP contribution is -2.36. The summed E-state index contributed by atoms with van der Waals surface area (Å²) in [6, 6.07) is 0. The lowest BCUT2D eigenvalue weighted by Gasteiger charge is -2.35. The Hall–Kier alpha value is -6.09. The molecule has 0 aromatic rings. The molecule has 0 aliphatic heterocycles. The maximum absolute atomic E-state index is 12.9.